The second kappa shape index (κ2) is 9.85. The number of thiazole rings is 1. The molecule has 0 aliphatic carbocycles. The third-order valence-electron chi connectivity index (χ3n) is 5.09. The molecular weight excluding hydrogens is 382 g/mol. The van der Waals surface area contributed by atoms with Crippen LogP contribution in [0.25, 0.3) is 10.2 Å². The molecule has 3 rings (SSSR count). The van der Waals surface area contributed by atoms with Gasteiger partial charge in [0.25, 0.3) is 0 Å². The molecule has 3 aromatic rings. The summed E-state index contributed by atoms with van der Waals surface area (Å²) < 4.78 is 6.35. The molecule has 0 atom stereocenters. The Kier molecular flexibility index (Phi) is 7.23. The zero-order valence-corrected chi connectivity index (χ0v) is 18.5. The Bertz CT molecular complexity index is 966. The number of nitrogens with zero attached hydrogens (tertiary/aromatic N) is 3. The topological polar surface area (TPSA) is 45.7 Å². The van der Waals surface area contributed by atoms with Gasteiger partial charge in [0.15, 0.2) is 5.13 Å². The molecule has 0 saturated carbocycles. The number of aromatic nitrogens is 1. The van der Waals surface area contributed by atoms with E-state index in [-0.39, 0.29) is 5.91 Å². The number of methoxy groups -OCH3 is 1. The summed E-state index contributed by atoms with van der Waals surface area (Å²) in [6.07, 6.45) is 0.374. The Balaban J connectivity index is 1.88. The highest BCUT2D eigenvalue weighted by Gasteiger charge is 2.21. The number of rotatable bonds is 9. The van der Waals surface area contributed by atoms with Crippen LogP contribution in [0.2, 0.25) is 0 Å². The molecule has 0 aliphatic heterocycles. The number of benzene rings is 2. The number of hydrogen-bond acceptors (Lipinski definition) is 5. The lowest BCUT2D eigenvalue weighted by Gasteiger charge is -2.24. The summed E-state index contributed by atoms with van der Waals surface area (Å²) in [5.41, 5.74) is 3.09. The minimum absolute atomic E-state index is 0.0776. The molecule has 0 N–H and O–H groups in total. The lowest BCUT2D eigenvalue weighted by molar-refractivity contribution is -0.118. The van der Waals surface area contributed by atoms with Crippen molar-refractivity contribution in [2.75, 3.05) is 38.2 Å². The van der Waals surface area contributed by atoms with Crippen molar-refractivity contribution in [3.8, 4) is 5.75 Å². The molecule has 1 amide bonds. The minimum Gasteiger partial charge on any atom is -0.497 e. The molecule has 0 saturated heterocycles. The van der Waals surface area contributed by atoms with Gasteiger partial charge in [0, 0.05) is 13.1 Å². The van der Waals surface area contributed by atoms with Gasteiger partial charge in [-0.1, -0.05) is 55.0 Å². The number of carbonyl (C=O) groups excluding carboxylic acids is 1. The van der Waals surface area contributed by atoms with Gasteiger partial charge in [0.2, 0.25) is 5.91 Å². The first-order chi connectivity index (χ1) is 14.0. The van der Waals surface area contributed by atoms with Crippen LogP contribution in [0.3, 0.4) is 0 Å². The van der Waals surface area contributed by atoms with Gasteiger partial charge in [-0.25, -0.2) is 4.98 Å². The van der Waals surface area contributed by atoms with Crippen molar-refractivity contribution < 1.29 is 9.53 Å². The first-order valence-corrected chi connectivity index (χ1v) is 10.9. The summed E-state index contributed by atoms with van der Waals surface area (Å²) in [7, 11) is 1.66. The number of ether oxygens (including phenoxy) is 1. The number of anilines is 1. The fraction of sp³-hybridized carbons (Fsp3) is 0.391. The molecular formula is C23H29N3O2S. The van der Waals surface area contributed by atoms with E-state index in [4.69, 9.17) is 9.72 Å². The minimum atomic E-state index is 0.0776. The van der Waals surface area contributed by atoms with Gasteiger partial charge >= 0.3 is 0 Å². The molecule has 1 heterocycles. The van der Waals surface area contributed by atoms with Crippen LogP contribution >= 0.6 is 11.3 Å². The number of amides is 1. The van der Waals surface area contributed by atoms with E-state index in [2.05, 4.69) is 24.8 Å². The van der Waals surface area contributed by atoms with E-state index in [0.29, 0.717) is 13.0 Å². The molecule has 0 fully saturated rings. The van der Waals surface area contributed by atoms with Crippen molar-refractivity contribution in [1.29, 1.82) is 0 Å². The maximum absolute atomic E-state index is 13.3. The summed E-state index contributed by atoms with van der Waals surface area (Å²) in [5, 5.41) is 0.748. The van der Waals surface area contributed by atoms with Crippen molar-refractivity contribution in [1.82, 2.24) is 9.88 Å². The molecule has 6 heteroatoms. The summed E-state index contributed by atoms with van der Waals surface area (Å²) >= 11 is 1.54. The highest BCUT2D eigenvalue weighted by atomic mass is 32.1. The van der Waals surface area contributed by atoms with E-state index in [1.807, 2.05) is 48.2 Å². The zero-order chi connectivity index (χ0) is 20.8. The molecule has 154 valence electrons. The van der Waals surface area contributed by atoms with Gasteiger partial charge in [-0.3, -0.25) is 9.69 Å². The van der Waals surface area contributed by atoms with Crippen molar-refractivity contribution in [2.24, 2.45) is 0 Å². The Morgan fingerprint density at radius 2 is 1.90 bits per heavy atom. The number of likely N-dealkylation sites (N-methyl/N-ethyl adjacent to an activating group) is 1. The standard InChI is InChI=1S/C23H29N3O2S/c1-5-25(6-2)12-13-26(22(27)15-18-9-7-8-17(3)14-18)23-24-20-11-10-19(28-4)16-21(20)29-23/h7-11,14,16H,5-6,12-13,15H2,1-4H3. The lowest BCUT2D eigenvalue weighted by atomic mass is 10.1. The summed E-state index contributed by atoms with van der Waals surface area (Å²) in [6, 6.07) is 14.0. The molecule has 2 aromatic carbocycles. The van der Waals surface area contributed by atoms with E-state index >= 15 is 0 Å². The Morgan fingerprint density at radius 3 is 2.59 bits per heavy atom. The first kappa shape index (κ1) is 21.3. The number of aryl methyl sites for hydroxylation is 1. The zero-order valence-electron chi connectivity index (χ0n) is 17.6. The van der Waals surface area contributed by atoms with E-state index < -0.39 is 0 Å². The first-order valence-electron chi connectivity index (χ1n) is 10.1. The van der Waals surface area contributed by atoms with Gasteiger partial charge in [0.05, 0.1) is 23.7 Å². The second-order valence-electron chi connectivity index (χ2n) is 7.07. The summed E-state index contributed by atoms with van der Waals surface area (Å²) in [6.45, 7) is 9.72. The third-order valence-corrected chi connectivity index (χ3v) is 6.13. The van der Waals surface area contributed by atoms with E-state index in [1.54, 1.807) is 7.11 Å². The lowest BCUT2D eigenvalue weighted by Crippen LogP contribution is -2.39. The van der Waals surface area contributed by atoms with Gasteiger partial charge in [-0.15, -0.1) is 0 Å². The molecule has 0 aliphatic rings. The third kappa shape index (κ3) is 5.34. The largest absolute Gasteiger partial charge is 0.497 e. The highest BCUT2D eigenvalue weighted by molar-refractivity contribution is 7.22. The Morgan fingerprint density at radius 1 is 1.10 bits per heavy atom. The average molecular weight is 412 g/mol. The molecule has 1 aromatic heterocycles. The molecule has 0 spiro atoms. The summed E-state index contributed by atoms with van der Waals surface area (Å²) in [5.74, 6) is 0.877. The van der Waals surface area contributed by atoms with Gasteiger partial charge in [-0.05, 0) is 43.8 Å². The molecule has 5 nitrogen and oxygen atoms in total. The van der Waals surface area contributed by atoms with Crippen LogP contribution in [0, 0.1) is 6.92 Å². The Labute approximate surface area is 176 Å². The van der Waals surface area contributed by atoms with Crippen molar-refractivity contribution >= 4 is 32.6 Å². The number of hydrogen-bond donors (Lipinski definition) is 0. The molecule has 0 radical (unpaired) electrons. The van der Waals surface area contributed by atoms with Crippen LogP contribution < -0.4 is 9.64 Å². The second-order valence-corrected chi connectivity index (χ2v) is 8.08. The van der Waals surface area contributed by atoms with Crippen molar-refractivity contribution in [3.05, 3.63) is 53.6 Å². The SMILES string of the molecule is CCN(CC)CCN(C(=O)Cc1cccc(C)c1)c1nc2ccc(OC)cc2s1. The number of fused-ring (bicyclic) bond motifs is 1. The van der Waals surface area contributed by atoms with Crippen LogP contribution in [-0.4, -0.2) is 49.1 Å². The van der Waals surface area contributed by atoms with E-state index in [9.17, 15) is 4.79 Å². The maximum Gasteiger partial charge on any atom is 0.233 e. The van der Waals surface area contributed by atoms with Gasteiger partial charge in [0.1, 0.15) is 5.75 Å². The predicted octanol–water partition coefficient (Wildman–Crippen LogP) is 4.53. The smallest absolute Gasteiger partial charge is 0.233 e. The van der Waals surface area contributed by atoms with Crippen LogP contribution in [0.5, 0.6) is 5.75 Å². The van der Waals surface area contributed by atoms with Crippen LogP contribution in [-0.2, 0) is 11.2 Å². The van der Waals surface area contributed by atoms with Crippen molar-refractivity contribution in [2.45, 2.75) is 27.2 Å². The average Bonchev–Trinajstić information content (AvgIpc) is 3.13. The quantitative estimate of drug-likeness (QED) is 0.519. The molecule has 0 bridgehead atoms. The maximum atomic E-state index is 13.3. The van der Waals surface area contributed by atoms with Crippen molar-refractivity contribution in [3.63, 3.8) is 0 Å². The number of carbonyl (C=O) groups is 1. The van der Waals surface area contributed by atoms with E-state index in [0.717, 1.165) is 51.9 Å². The van der Waals surface area contributed by atoms with E-state index in [1.165, 1.54) is 11.3 Å². The monoisotopic (exact) mass is 411 g/mol. The highest BCUT2D eigenvalue weighted by Crippen LogP contribution is 2.31. The molecule has 0 unspecified atom stereocenters. The normalized spacial score (nSPS) is 11.2. The Hall–Kier alpha value is -2.44. The summed E-state index contributed by atoms with van der Waals surface area (Å²) in [4.78, 5) is 22.2. The van der Waals surface area contributed by atoms with Crippen LogP contribution in [0.4, 0.5) is 5.13 Å². The fourth-order valence-corrected chi connectivity index (χ4v) is 4.37. The van der Waals surface area contributed by atoms with Crippen LogP contribution in [0.15, 0.2) is 42.5 Å². The van der Waals surface area contributed by atoms with Crippen LogP contribution in [0.1, 0.15) is 25.0 Å². The van der Waals surface area contributed by atoms with Gasteiger partial charge in [-0.2, -0.15) is 0 Å². The predicted molar refractivity (Wildman–Crippen MR) is 121 cm³/mol. The fourth-order valence-electron chi connectivity index (χ4n) is 3.34. The molecule has 29 heavy (non-hydrogen) atoms. The van der Waals surface area contributed by atoms with Gasteiger partial charge < -0.3 is 9.64 Å².